The van der Waals surface area contributed by atoms with Crippen molar-refractivity contribution in [1.82, 2.24) is 5.32 Å². The molecule has 6 rings (SSSR count). The fourth-order valence-corrected chi connectivity index (χ4v) is 7.75. The number of amides is 4. The number of aryl methyl sites for hydroxylation is 2. The summed E-state index contributed by atoms with van der Waals surface area (Å²) in [6.07, 6.45) is 9.74. The van der Waals surface area contributed by atoms with Crippen LogP contribution in [0.2, 0.25) is 5.02 Å². The van der Waals surface area contributed by atoms with Gasteiger partial charge in [-0.2, -0.15) is 0 Å². The topological polar surface area (TPSA) is 225 Å². The quantitative estimate of drug-likeness (QED) is 0.0451. The number of allylic oxidation sites excluding steroid dienone is 1. The van der Waals surface area contributed by atoms with E-state index < -0.39 is 49.0 Å². The molecular weight excluding hydrogens is 1060 g/mol. The van der Waals surface area contributed by atoms with Crippen LogP contribution in [0, 0.1) is 12.7 Å². The van der Waals surface area contributed by atoms with E-state index in [9.17, 15) is 37.8 Å². The van der Waals surface area contributed by atoms with E-state index in [1.807, 2.05) is 68.6 Å². The van der Waals surface area contributed by atoms with Crippen molar-refractivity contribution in [1.29, 1.82) is 0 Å². The van der Waals surface area contributed by atoms with E-state index >= 15 is 0 Å². The van der Waals surface area contributed by atoms with E-state index in [1.165, 1.54) is 6.07 Å². The number of aliphatic carboxylic acids is 1. The van der Waals surface area contributed by atoms with Gasteiger partial charge in [-0.25, -0.2) is 14.1 Å². The van der Waals surface area contributed by atoms with Gasteiger partial charge in [0.1, 0.15) is 44.1 Å². The van der Waals surface area contributed by atoms with Crippen LogP contribution in [0.4, 0.5) is 26.2 Å². The lowest BCUT2D eigenvalue weighted by molar-refractivity contribution is -0.193. The highest BCUT2D eigenvalue weighted by Gasteiger charge is 2.40. The number of para-hydroxylation sites is 3. The minimum atomic E-state index is -4.35. The summed E-state index contributed by atoms with van der Waals surface area (Å²) in [7, 11) is -3.71. The van der Waals surface area contributed by atoms with E-state index in [-0.39, 0.29) is 58.8 Å². The molecule has 0 spiro atoms. The van der Waals surface area contributed by atoms with Gasteiger partial charge in [0.05, 0.1) is 65.8 Å². The summed E-state index contributed by atoms with van der Waals surface area (Å²) < 4.78 is 45.9. The fraction of sp³-hybridized carbons (Fsp3) is 0.479. The average Bonchev–Trinajstić information content (AvgIpc) is 3.93. The van der Waals surface area contributed by atoms with Gasteiger partial charge in [-0.3, -0.25) is 29.4 Å². The maximum atomic E-state index is 14.3. The van der Waals surface area contributed by atoms with Crippen molar-refractivity contribution in [3.05, 3.63) is 87.9 Å². The Hall–Kier alpha value is -4.14. The summed E-state index contributed by atoms with van der Waals surface area (Å²) >= 11 is 23.0. The zero-order chi connectivity index (χ0) is 54.5. The number of hydrogen-bond donors (Lipinski definition) is 3. The number of anilines is 3. The van der Waals surface area contributed by atoms with E-state index in [0.29, 0.717) is 40.3 Å². The predicted molar refractivity (Wildman–Crippen MR) is 282 cm³/mol. The molecule has 2 aliphatic heterocycles. The second-order valence-electron chi connectivity index (χ2n) is 16.6. The number of ether oxygens (including phenoxy) is 4. The van der Waals surface area contributed by atoms with E-state index in [1.54, 1.807) is 23.6 Å². The normalized spacial score (nSPS) is 15.8. The summed E-state index contributed by atoms with van der Waals surface area (Å²) in [5.41, 5.74) is 4.16. The number of carbonyl (C=O) groups excluding carboxylic acids is 4. The molecule has 0 aromatic heterocycles. The van der Waals surface area contributed by atoms with Crippen molar-refractivity contribution >= 4 is 112 Å². The first-order valence-electron chi connectivity index (χ1n) is 22.5. The number of hydrogen-bond acceptors (Lipinski definition) is 12. The number of carboxylic acid groups (broad SMARTS) is 1. The molecule has 2 atom stereocenters. The van der Waals surface area contributed by atoms with Crippen molar-refractivity contribution < 1.29 is 66.8 Å². The first kappa shape index (κ1) is 64.0. The minimum Gasteiger partial charge on any atom is -0.778 e. The minimum absolute atomic E-state index is 0.00962. The number of alkyl halides is 3. The van der Waals surface area contributed by atoms with Crippen LogP contribution in [0.5, 0.6) is 11.5 Å². The lowest BCUT2D eigenvalue weighted by Crippen LogP contribution is -2.47. The smallest absolute Gasteiger partial charge is 0.427 e. The molecule has 72 heavy (non-hydrogen) atoms. The Bertz CT molecular complexity index is 2380. The third-order valence-electron chi connectivity index (χ3n) is 9.93. The van der Waals surface area contributed by atoms with Gasteiger partial charge in [0.15, 0.2) is 10.6 Å². The molecule has 3 N–H and O–H groups in total. The molecule has 3 aromatic carbocycles. The Balaban J connectivity index is 0.000000333. The predicted octanol–water partition coefficient (Wildman–Crippen LogP) is 8.96. The number of benzene rings is 3. The van der Waals surface area contributed by atoms with Gasteiger partial charge in [-0.1, -0.05) is 72.1 Å². The highest BCUT2D eigenvalue weighted by atomic mass is 35.5. The Morgan fingerprint density at radius 1 is 1.04 bits per heavy atom. The summed E-state index contributed by atoms with van der Waals surface area (Å²) in [6.45, 7) is 11.9. The zero-order valence-corrected chi connectivity index (χ0v) is 46.4. The summed E-state index contributed by atoms with van der Waals surface area (Å²) in [4.78, 5) is 78.8. The lowest BCUT2D eigenvalue weighted by Gasteiger charge is -2.35. The van der Waals surface area contributed by atoms with Gasteiger partial charge in [0.2, 0.25) is 5.91 Å². The number of rotatable bonds is 14. The highest BCUT2D eigenvalue weighted by molar-refractivity contribution is 7.94. The van der Waals surface area contributed by atoms with Crippen molar-refractivity contribution in [2.45, 2.75) is 90.6 Å². The number of imide groups is 1. The van der Waals surface area contributed by atoms with Crippen molar-refractivity contribution in [3.63, 3.8) is 0 Å². The van der Waals surface area contributed by atoms with Crippen LogP contribution in [0.25, 0.3) is 0 Å². The average molecular weight is 1130 g/mol. The molecule has 3 aliphatic rings. The molecule has 400 valence electrons. The molecule has 4 amide bonds. The van der Waals surface area contributed by atoms with Crippen LogP contribution < -0.4 is 34.4 Å². The van der Waals surface area contributed by atoms with Crippen LogP contribution in [-0.4, -0.2) is 114 Å². The van der Waals surface area contributed by atoms with Gasteiger partial charge in [-0.15, -0.1) is 11.6 Å². The highest BCUT2D eigenvalue weighted by Crippen LogP contribution is 2.38. The standard InChI is InChI=1S/C17H17ClFNO4.C14H20ClNO2.C11H11Cl2NO2.C3H8NO5P.C3H9S/c1-9(2)15-16(21)20(17(22)24-15)13-8-14(11(18)7-12(13)19)23-10-5-3-4-6-10;1-4-12-8-6-7-11(3)14(12)16(10-18-5-2)13(17)9-15;1-7-6-16-9-5-3-2-4-8(9)14(7)11(15)10(12)13;5-3(6)1-4-2-10(7,8)9;1-4(2)3/h7-8,10H,3-6H2,1-2H3;6-8H,4-5,9-10H2,1-3H3;2-5,7,10H,6H2,1H3;4H,1-2H2,(H,5,6)(H2,7,8,9);1-3H3/q;;;;+1/p-1. The number of nitrogens with one attached hydrogen (secondary N) is 1. The van der Waals surface area contributed by atoms with Gasteiger partial charge in [-0.05, 0) is 113 Å². The molecule has 2 fully saturated rings. The molecule has 1 saturated carbocycles. The molecule has 2 heterocycles. The molecule has 17 nitrogen and oxygen atoms in total. The van der Waals surface area contributed by atoms with Gasteiger partial charge in [0, 0.05) is 12.7 Å². The SMILES string of the molecule is CC(C)=C1OC(=O)N(c2cc(OC3CCCC3)c(Cl)cc2F)C1=O.CC1COc2ccccc2N1C(=O)C(Cl)Cl.CCOCN(C(=O)CCl)c1c(C)cccc1CC.C[S+](C)C.O=C(O)CNCP(=O)([O-])O. The largest absolute Gasteiger partial charge is 0.778 e. The summed E-state index contributed by atoms with van der Waals surface area (Å²) in [6, 6.07) is 15.6. The number of nitrogens with zero attached hydrogens (tertiary/aromatic N) is 3. The lowest BCUT2D eigenvalue weighted by atomic mass is 10.0. The maximum absolute atomic E-state index is 14.3. The second-order valence-corrected chi connectivity index (χ2v) is 22.4. The summed E-state index contributed by atoms with van der Waals surface area (Å²) in [5.74, 6) is -2.30. The van der Waals surface area contributed by atoms with E-state index in [4.69, 9.17) is 75.4 Å². The number of fused-ring (bicyclic) bond motifs is 1. The van der Waals surface area contributed by atoms with Crippen molar-refractivity contribution in [2.75, 3.05) is 72.1 Å². The molecule has 1 saturated heterocycles. The Morgan fingerprint density at radius 3 is 2.19 bits per heavy atom. The molecule has 0 radical (unpaired) electrons. The van der Waals surface area contributed by atoms with Gasteiger partial charge >= 0.3 is 18.0 Å². The van der Waals surface area contributed by atoms with Crippen molar-refractivity contribution in [3.8, 4) is 11.5 Å². The van der Waals surface area contributed by atoms with Crippen LogP contribution in [0.3, 0.4) is 0 Å². The van der Waals surface area contributed by atoms with Gasteiger partial charge in [0.25, 0.3) is 5.91 Å². The first-order chi connectivity index (χ1) is 33.8. The van der Waals surface area contributed by atoms with E-state index in [2.05, 4.69) is 25.7 Å². The molecule has 2 unspecified atom stereocenters. The Kier molecular flexibility index (Phi) is 28.0. The van der Waals surface area contributed by atoms with Crippen LogP contribution >= 0.6 is 54.0 Å². The molecule has 1 aliphatic carbocycles. The number of carboxylic acids is 1. The summed E-state index contributed by atoms with van der Waals surface area (Å²) in [5, 5.41) is 10.1. The molecule has 3 aromatic rings. The third-order valence-corrected chi connectivity index (χ3v) is 11.5. The Morgan fingerprint density at radius 2 is 1.67 bits per heavy atom. The third kappa shape index (κ3) is 20.6. The maximum Gasteiger partial charge on any atom is 0.427 e. The van der Waals surface area contributed by atoms with E-state index in [0.717, 1.165) is 60.7 Å². The second kappa shape index (κ2) is 31.6. The fourth-order valence-electron chi connectivity index (χ4n) is 6.80. The van der Waals surface area contributed by atoms with Crippen LogP contribution in [0.1, 0.15) is 71.4 Å². The number of halogens is 5. The Labute approximate surface area is 443 Å². The molecule has 0 bridgehead atoms. The van der Waals surface area contributed by atoms with Crippen LogP contribution in [-0.2, 0) is 50.5 Å². The monoisotopic (exact) mass is 1130 g/mol. The first-order valence-corrected chi connectivity index (χ1v) is 28.5. The number of carbonyl (C=O) groups is 5. The number of cyclic esters (lactones) is 1. The molecular formula is C48H64Cl4FN4O13PS. The zero-order valence-electron chi connectivity index (χ0n) is 41.7. The van der Waals surface area contributed by atoms with Crippen molar-refractivity contribution in [2.24, 2.45) is 0 Å². The molecule has 24 heteroatoms. The van der Waals surface area contributed by atoms with Gasteiger partial charge < -0.3 is 43.3 Å². The van der Waals surface area contributed by atoms with Crippen LogP contribution in [0.15, 0.2) is 65.9 Å².